The largest absolute Gasteiger partial charge is 0.544 e. The summed E-state index contributed by atoms with van der Waals surface area (Å²) in [5, 5.41) is 0.481. The number of hydrogen-bond donors (Lipinski definition) is 0. The van der Waals surface area contributed by atoms with Crippen molar-refractivity contribution in [3.05, 3.63) is 11.5 Å². The zero-order valence-corrected chi connectivity index (χ0v) is 17.9. The molecule has 0 unspecified atom stereocenters. The van der Waals surface area contributed by atoms with Crippen molar-refractivity contribution in [2.24, 2.45) is 0 Å². The van der Waals surface area contributed by atoms with E-state index in [0.29, 0.717) is 0 Å². The Balaban J connectivity index is 2.96. The summed E-state index contributed by atoms with van der Waals surface area (Å²) in [7, 11) is -3.51. The van der Waals surface area contributed by atoms with Crippen molar-refractivity contribution in [1.82, 2.24) is 0 Å². The normalized spacial score (nSPS) is 18.2. The summed E-state index contributed by atoms with van der Waals surface area (Å²) in [5.41, 5.74) is 0. The molecule has 0 saturated carbocycles. The minimum Gasteiger partial charge on any atom is -0.544 e. The van der Waals surface area contributed by atoms with Crippen LogP contribution in [0.2, 0.25) is 36.3 Å². The van der Waals surface area contributed by atoms with E-state index in [1.165, 1.54) is 6.42 Å². The minimum atomic E-state index is -1.76. The van der Waals surface area contributed by atoms with E-state index in [2.05, 4.69) is 67.7 Å². The molecule has 1 aliphatic carbocycles. The standard InChI is InChI=1S/C17H36O2Si2/c1-16(2,3)20(7,8)18-14-12-11-13-15(14)19-21(9,10)17(4,5)6/h11-13H2,1-10H3. The summed E-state index contributed by atoms with van der Waals surface area (Å²) >= 11 is 0. The SMILES string of the molecule is CC(C)(C)[Si](C)(C)OC1=C(O[Si](C)(C)C(C)(C)C)CCC1. The van der Waals surface area contributed by atoms with Gasteiger partial charge in [0.15, 0.2) is 0 Å². The van der Waals surface area contributed by atoms with Crippen LogP contribution < -0.4 is 0 Å². The van der Waals surface area contributed by atoms with Crippen LogP contribution in [0, 0.1) is 0 Å². The summed E-state index contributed by atoms with van der Waals surface area (Å²) in [6.45, 7) is 23.1. The van der Waals surface area contributed by atoms with Crippen LogP contribution in [0.4, 0.5) is 0 Å². The Labute approximate surface area is 134 Å². The van der Waals surface area contributed by atoms with Gasteiger partial charge in [-0.05, 0) is 42.7 Å². The number of hydrogen-bond acceptors (Lipinski definition) is 2. The molecule has 0 radical (unpaired) electrons. The topological polar surface area (TPSA) is 18.5 Å². The first-order chi connectivity index (χ1) is 9.17. The fourth-order valence-corrected chi connectivity index (χ4v) is 4.10. The molecule has 0 atom stereocenters. The van der Waals surface area contributed by atoms with Crippen molar-refractivity contribution in [2.45, 2.75) is 97.1 Å². The zero-order valence-electron chi connectivity index (χ0n) is 15.9. The number of allylic oxidation sites excluding steroid dienone is 2. The average molecular weight is 329 g/mol. The molecule has 1 rings (SSSR count). The van der Waals surface area contributed by atoms with Crippen molar-refractivity contribution >= 4 is 16.6 Å². The zero-order chi connectivity index (χ0) is 16.7. The number of rotatable bonds is 4. The van der Waals surface area contributed by atoms with Crippen molar-refractivity contribution in [3.8, 4) is 0 Å². The smallest absolute Gasteiger partial charge is 0.250 e. The van der Waals surface area contributed by atoms with Gasteiger partial charge >= 0.3 is 0 Å². The van der Waals surface area contributed by atoms with E-state index in [1.807, 2.05) is 0 Å². The van der Waals surface area contributed by atoms with Crippen LogP contribution in [-0.2, 0) is 8.85 Å². The Morgan fingerprint density at radius 2 is 0.952 bits per heavy atom. The molecule has 0 saturated heterocycles. The molecule has 0 fully saturated rings. The van der Waals surface area contributed by atoms with E-state index in [0.717, 1.165) is 24.4 Å². The molecule has 0 amide bonds. The first-order valence-corrected chi connectivity index (χ1v) is 14.1. The average Bonchev–Trinajstić information content (AvgIpc) is 2.60. The fourth-order valence-electron chi connectivity index (χ4n) is 1.83. The third-order valence-electron chi connectivity index (χ3n) is 5.49. The van der Waals surface area contributed by atoms with Crippen LogP contribution in [0.3, 0.4) is 0 Å². The van der Waals surface area contributed by atoms with Crippen molar-refractivity contribution in [3.63, 3.8) is 0 Å². The molecule has 124 valence electrons. The van der Waals surface area contributed by atoms with Gasteiger partial charge in [0, 0.05) is 12.8 Å². The lowest BCUT2D eigenvalue weighted by Gasteiger charge is -2.39. The highest BCUT2D eigenvalue weighted by Gasteiger charge is 2.43. The Morgan fingerprint density at radius 1 is 0.667 bits per heavy atom. The second-order valence-electron chi connectivity index (χ2n) is 9.42. The van der Waals surface area contributed by atoms with E-state index in [-0.39, 0.29) is 10.1 Å². The van der Waals surface area contributed by atoms with E-state index < -0.39 is 16.6 Å². The van der Waals surface area contributed by atoms with Gasteiger partial charge in [0.05, 0.1) is 0 Å². The highest BCUT2D eigenvalue weighted by atomic mass is 28.4. The first kappa shape index (κ1) is 18.8. The maximum atomic E-state index is 6.55. The molecule has 0 aliphatic heterocycles. The lowest BCUT2D eigenvalue weighted by Crippen LogP contribution is -2.42. The highest BCUT2D eigenvalue weighted by Crippen LogP contribution is 2.44. The molecular formula is C17H36O2Si2. The van der Waals surface area contributed by atoms with Crippen molar-refractivity contribution in [1.29, 1.82) is 0 Å². The van der Waals surface area contributed by atoms with Gasteiger partial charge in [0.2, 0.25) is 16.6 Å². The van der Waals surface area contributed by atoms with E-state index >= 15 is 0 Å². The van der Waals surface area contributed by atoms with Gasteiger partial charge in [0.25, 0.3) is 0 Å². The molecule has 0 heterocycles. The van der Waals surface area contributed by atoms with Crippen LogP contribution >= 0.6 is 0 Å². The molecule has 2 nitrogen and oxygen atoms in total. The van der Waals surface area contributed by atoms with Crippen molar-refractivity contribution in [2.75, 3.05) is 0 Å². The molecule has 0 aromatic heterocycles. The van der Waals surface area contributed by atoms with Gasteiger partial charge in [-0.25, -0.2) is 0 Å². The van der Waals surface area contributed by atoms with Crippen LogP contribution in [0.1, 0.15) is 60.8 Å². The van der Waals surface area contributed by atoms with Gasteiger partial charge in [-0.1, -0.05) is 41.5 Å². The lowest BCUT2D eigenvalue weighted by molar-refractivity contribution is 0.316. The second-order valence-corrected chi connectivity index (χ2v) is 18.9. The quantitative estimate of drug-likeness (QED) is 0.554. The second kappa shape index (κ2) is 5.76. The summed E-state index contributed by atoms with van der Waals surface area (Å²) in [6.07, 6.45) is 3.28. The first-order valence-electron chi connectivity index (χ1n) is 8.27. The van der Waals surface area contributed by atoms with Crippen molar-refractivity contribution < 1.29 is 8.85 Å². The van der Waals surface area contributed by atoms with Crippen LogP contribution in [0.25, 0.3) is 0 Å². The highest BCUT2D eigenvalue weighted by molar-refractivity contribution is 6.75. The molecule has 4 heteroatoms. The molecule has 0 N–H and O–H groups in total. The van der Waals surface area contributed by atoms with Crippen LogP contribution in [-0.4, -0.2) is 16.6 Å². The molecule has 1 aliphatic rings. The predicted molar refractivity (Wildman–Crippen MR) is 97.4 cm³/mol. The Bertz CT molecular complexity index is 371. The third-order valence-corrected chi connectivity index (χ3v) is 14.2. The Morgan fingerprint density at radius 3 is 1.19 bits per heavy atom. The fraction of sp³-hybridized carbons (Fsp3) is 0.882. The molecule has 0 bridgehead atoms. The Hall–Kier alpha value is -0.226. The monoisotopic (exact) mass is 328 g/mol. The molecule has 21 heavy (non-hydrogen) atoms. The van der Waals surface area contributed by atoms with E-state index in [9.17, 15) is 0 Å². The van der Waals surface area contributed by atoms with Gasteiger partial charge in [-0.3, -0.25) is 0 Å². The van der Waals surface area contributed by atoms with Gasteiger partial charge in [0.1, 0.15) is 11.5 Å². The maximum Gasteiger partial charge on any atom is 0.250 e. The maximum absolute atomic E-state index is 6.55. The minimum absolute atomic E-state index is 0.241. The summed E-state index contributed by atoms with van der Waals surface area (Å²) in [6, 6.07) is 0. The summed E-state index contributed by atoms with van der Waals surface area (Å²) in [5.74, 6) is 2.32. The van der Waals surface area contributed by atoms with Crippen LogP contribution in [0.15, 0.2) is 11.5 Å². The Kier molecular flexibility index (Phi) is 5.17. The van der Waals surface area contributed by atoms with Gasteiger partial charge < -0.3 is 8.85 Å². The summed E-state index contributed by atoms with van der Waals surface area (Å²) in [4.78, 5) is 0. The molecular weight excluding hydrogens is 292 g/mol. The van der Waals surface area contributed by atoms with E-state index in [4.69, 9.17) is 8.85 Å². The predicted octanol–water partition coefficient (Wildman–Crippen LogP) is 6.43. The molecule has 0 aromatic carbocycles. The van der Waals surface area contributed by atoms with Gasteiger partial charge in [-0.15, -0.1) is 0 Å². The third kappa shape index (κ3) is 4.38. The van der Waals surface area contributed by atoms with Gasteiger partial charge in [-0.2, -0.15) is 0 Å². The van der Waals surface area contributed by atoms with E-state index in [1.54, 1.807) is 0 Å². The lowest BCUT2D eigenvalue weighted by atomic mass is 10.2. The van der Waals surface area contributed by atoms with Crippen LogP contribution in [0.5, 0.6) is 0 Å². The molecule has 0 spiro atoms. The summed E-state index contributed by atoms with van der Waals surface area (Å²) < 4.78 is 13.1. The molecule has 0 aromatic rings.